The van der Waals surface area contributed by atoms with Crippen LogP contribution in [0.25, 0.3) is 10.4 Å². The van der Waals surface area contributed by atoms with E-state index in [0.29, 0.717) is 0 Å². The van der Waals surface area contributed by atoms with E-state index in [0.717, 1.165) is 21.7 Å². The van der Waals surface area contributed by atoms with Crippen LogP contribution in [-0.4, -0.2) is 50.7 Å². The van der Waals surface area contributed by atoms with Gasteiger partial charge in [-0.3, -0.25) is 14.4 Å². The molecule has 0 aliphatic carbocycles. The lowest BCUT2D eigenvalue weighted by molar-refractivity contribution is -0.141. The van der Waals surface area contributed by atoms with Gasteiger partial charge in [0.2, 0.25) is 11.8 Å². The van der Waals surface area contributed by atoms with Crippen molar-refractivity contribution in [3.8, 4) is 10.4 Å². The van der Waals surface area contributed by atoms with Gasteiger partial charge in [0, 0.05) is 19.0 Å². The Bertz CT molecular complexity index is 1250. The van der Waals surface area contributed by atoms with Crippen molar-refractivity contribution in [2.24, 2.45) is 5.92 Å². The average Bonchev–Trinajstić information content (AvgIpc) is 3.53. The highest BCUT2D eigenvalue weighted by Crippen LogP contribution is 2.31. The van der Waals surface area contributed by atoms with E-state index in [-0.39, 0.29) is 42.5 Å². The van der Waals surface area contributed by atoms with Crippen LogP contribution in [0, 0.1) is 12.8 Å². The summed E-state index contributed by atoms with van der Waals surface area (Å²) in [5.74, 6) is -1.38. The Kier molecular flexibility index (Phi) is 7.23. The molecule has 1 aliphatic rings. The van der Waals surface area contributed by atoms with E-state index >= 15 is 0 Å². The number of aromatic amines is 1. The Hall–Kier alpha value is -3.24. The van der Waals surface area contributed by atoms with E-state index < -0.39 is 23.6 Å². The van der Waals surface area contributed by atoms with Crippen molar-refractivity contribution >= 4 is 23.2 Å². The number of aryl methyl sites for hydroxylation is 1. The highest BCUT2D eigenvalue weighted by atomic mass is 32.1. The average molecular weight is 499 g/mol. The van der Waals surface area contributed by atoms with Gasteiger partial charge in [0.25, 0.3) is 5.56 Å². The summed E-state index contributed by atoms with van der Waals surface area (Å²) in [5, 5.41) is 15.5. The lowest BCUT2D eigenvalue weighted by atomic mass is 9.91. The molecule has 35 heavy (non-hydrogen) atoms. The van der Waals surface area contributed by atoms with Crippen molar-refractivity contribution < 1.29 is 19.2 Å². The molecular weight excluding hydrogens is 468 g/mol. The first-order valence-electron chi connectivity index (χ1n) is 11.6. The molecule has 0 radical (unpaired) electrons. The fourth-order valence-corrected chi connectivity index (χ4v) is 5.38. The fraction of sp³-hybridized carbons (Fsp3) is 0.440. The number of H-pyrrole nitrogens is 1. The van der Waals surface area contributed by atoms with E-state index in [4.69, 9.17) is 4.52 Å². The molecule has 0 bridgehead atoms. The highest BCUT2D eigenvalue weighted by Gasteiger charge is 2.43. The maximum atomic E-state index is 13.4. The van der Waals surface area contributed by atoms with Gasteiger partial charge in [-0.2, -0.15) is 5.16 Å². The summed E-state index contributed by atoms with van der Waals surface area (Å²) in [5.41, 5.74) is 4.36. The quantitative estimate of drug-likeness (QED) is 0.459. The molecule has 186 valence electrons. The van der Waals surface area contributed by atoms with E-state index in [2.05, 4.69) is 15.5 Å². The van der Waals surface area contributed by atoms with Crippen molar-refractivity contribution in [3.05, 3.63) is 63.2 Å². The second kappa shape index (κ2) is 10.2. The van der Waals surface area contributed by atoms with Crippen LogP contribution in [0.1, 0.15) is 56.2 Å². The van der Waals surface area contributed by atoms with Crippen LogP contribution < -0.4 is 10.9 Å². The molecule has 1 fully saturated rings. The number of hydrogen-bond acceptors (Lipinski definition) is 7. The number of aliphatic hydroxyl groups is 1. The van der Waals surface area contributed by atoms with Gasteiger partial charge in [-0.05, 0) is 30.9 Å². The first-order chi connectivity index (χ1) is 16.7. The minimum absolute atomic E-state index is 0.0477. The molecule has 2 aromatic heterocycles. The second-order valence-corrected chi connectivity index (χ2v) is 10.2. The second-order valence-electron chi connectivity index (χ2n) is 9.35. The third-order valence-electron chi connectivity index (χ3n) is 6.42. The molecule has 0 spiro atoms. The lowest BCUT2D eigenvalue weighted by Gasteiger charge is -2.29. The number of thiazole rings is 1. The topological polar surface area (TPSA) is 129 Å². The third kappa shape index (κ3) is 5.23. The zero-order chi connectivity index (χ0) is 25.3. The molecule has 0 saturated carbocycles. The number of aliphatic hydroxyl groups excluding tert-OH is 1. The van der Waals surface area contributed by atoms with Crippen molar-refractivity contribution in [1.82, 2.24) is 20.4 Å². The number of hydrogen-bond donors (Lipinski definition) is 3. The summed E-state index contributed by atoms with van der Waals surface area (Å²) < 4.78 is 5.21. The number of carbonyl (C=O) groups is 2. The monoisotopic (exact) mass is 498 g/mol. The molecule has 1 saturated heterocycles. The Morgan fingerprint density at radius 2 is 1.97 bits per heavy atom. The number of nitrogens with one attached hydrogen (secondary N) is 2. The Balaban J connectivity index is 1.48. The number of benzene rings is 1. The van der Waals surface area contributed by atoms with Crippen LogP contribution >= 0.6 is 11.3 Å². The SMILES string of the molecule is Cc1ncsc1-c1ccc(C(C)NC(=O)[C@@H]2C[C@@H](O)CN2C(=O)C(c2cc(=O)[nH]o2)C(C)C)cc1. The first kappa shape index (κ1) is 24.9. The normalized spacial score (nSPS) is 19.7. The minimum atomic E-state index is -0.814. The maximum absolute atomic E-state index is 13.4. The molecular formula is C25H30N4O5S. The Labute approximate surface area is 207 Å². The number of aromatic nitrogens is 2. The molecule has 1 aliphatic heterocycles. The van der Waals surface area contributed by atoms with Crippen LogP contribution in [0.5, 0.6) is 0 Å². The third-order valence-corrected chi connectivity index (χ3v) is 7.40. The molecule has 4 atom stereocenters. The number of amides is 2. The minimum Gasteiger partial charge on any atom is -0.391 e. The molecule has 3 aromatic rings. The number of nitrogens with zero attached hydrogens (tertiary/aromatic N) is 2. The predicted octanol–water partition coefficient (Wildman–Crippen LogP) is 2.98. The van der Waals surface area contributed by atoms with Crippen LogP contribution in [0.4, 0.5) is 0 Å². The van der Waals surface area contributed by atoms with Gasteiger partial charge in [-0.25, -0.2) is 4.98 Å². The van der Waals surface area contributed by atoms with E-state index in [1.165, 1.54) is 11.0 Å². The molecule has 10 heteroatoms. The summed E-state index contributed by atoms with van der Waals surface area (Å²) in [6.07, 6.45) is -0.659. The van der Waals surface area contributed by atoms with Crippen molar-refractivity contribution in [2.45, 2.75) is 58.2 Å². The molecule has 2 unspecified atom stereocenters. The Morgan fingerprint density at radius 3 is 2.54 bits per heavy atom. The van der Waals surface area contributed by atoms with Gasteiger partial charge in [0.15, 0.2) is 5.76 Å². The summed E-state index contributed by atoms with van der Waals surface area (Å²) in [7, 11) is 0. The van der Waals surface area contributed by atoms with Crippen LogP contribution in [0.3, 0.4) is 0 Å². The van der Waals surface area contributed by atoms with Crippen molar-refractivity contribution in [1.29, 1.82) is 0 Å². The van der Waals surface area contributed by atoms with E-state index in [1.54, 1.807) is 11.3 Å². The molecule has 4 rings (SSSR count). The van der Waals surface area contributed by atoms with E-state index in [1.807, 2.05) is 57.5 Å². The van der Waals surface area contributed by atoms with Crippen molar-refractivity contribution in [2.75, 3.05) is 6.54 Å². The molecule has 2 amide bonds. The number of β-amino-alcohol motifs (C(OH)–C–C–N with tert-alkyl or cyclic N) is 1. The van der Waals surface area contributed by atoms with E-state index in [9.17, 15) is 19.5 Å². The lowest BCUT2D eigenvalue weighted by Crippen LogP contribution is -2.48. The highest BCUT2D eigenvalue weighted by molar-refractivity contribution is 7.13. The fourth-order valence-electron chi connectivity index (χ4n) is 4.57. The van der Waals surface area contributed by atoms with Crippen molar-refractivity contribution in [3.63, 3.8) is 0 Å². The number of carbonyl (C=O) groups excluding carboxylic acids is 2. The predicted molar refractivity (Wildman–Crippen MR) is 132 cm³/mol. The van der Waals surface area contributed by atoms with Gasteiger partial charge < -0.3 is 19.8 Å². The Morgan fingerprint density at radius 1 is 1.26 bits per heavy atom. The maximum Gasteiger partial charge on any atom is 0.280 e. The standard InChI is InChI=1S/C25H30N4O5S/c1-13(2)22(20-10-21(31)28-34-20)25(33)29-11-18(30)9-19(29)24(32)27-14(3)16-5-7-17(8-6-16)23-15(4)26-12-35-23/h5-8,10,12-14,18-19,22,30H,9,11H2,1-4H3,(H,27,32)(H,28,31)/t14?,18-,19+,22?/m1/s1. The van der Waals surface area contributed by atoms with Gasteiger partial charge in [0.1, 0.15) is 12.0 Å². The molecule has 1 aromatic carbocycles. The summed E-state index contributed by atoms with van der Waals surface area (Å²) >= 11 is 1.58. The van der Waals surface area contributed by atoms with Gasteiger partial charge >= 0.3 is 0 Å². The van der Waals surface area contributed by atoms with Gasteiger partial charge in [0.05, 0.1) is 28.2 Å². The summed E-state index contributed by atoms with van der Waals surface area (Å²) in [6.45, 7) is 7.59. The van der Waals surface area contributed by atoms with Gasteiger partial charge in [-0.1, -0.05) is 38.1 Å². The number of likely N-dealkylation sites (tertiary alicyclic amines) is 1. The summed E-state index contributed by atoms with van der Waals surface area (Å²) in [4.78, 5) is 45.0. The summed E-state index contributed by atoms with van der Waals surface area (Å²) in [6, 6.07) is 8.09. The smallest absolute Gasteiger partial charge is 0.280 e. The van der Waals surface area contributed by atoms with Gasteiger partial charge in [-0.15, -0.1) is 11.3 Å². The molecule has 3 N–H and O–H groups in total. The zero-order valence-electron chi connectivity index (χ0n) is 20.1. The van der Waals surface area contributed by atoms with Crippen LogP contribution in [0.15, 0.2) is 45.2 Å². The van der Waals surface area contributed by atoms with Crippen LogP contribution in [0.2, 0.25) is 0 Å². The first-order valence-corrected chi connectivity index (χ1v) is 12.5. The zero-order valence-corrected chi connectivity index (χ0v) is 21.0. The molecule has 3 heterocycles. The van der Waals surface area contributed by atoms with Crippen LogP contribution in [-0.2, 0) is 9.59 Å². The molecule has 9 nitrogen and oxygen atoms in total. The largest absolute Gasteiger partial charge is 0.391 e. The number of rotatable bonds is 7.